The van der Waals surface area contributed by atoms with Gasteiger partial charge in [0.1, 0.15) is 5.69 Å². The van der Waals surface area contributed by atoms with Crippen LogP contribution in [0.5, 0.6) is 0 Å². The number of likely N-dealkylation sites (tertiary alicyclic amines) is 1. The van der Waals surface area contributed by atoms with Crippen molar-refractivity contribution in [3.63, 3.8) is 0 Å². The summed E-state index contributed by atoms with van der Waals surface area (Å²) in [5.41, 5.74) is 3.47. The van der Waals surface area contributed by atoms with Gasteiger partial charge < -0.3 is 15.1 Å². The first-order valence-corrected chi connectivity index (χ1v) is 11.1. The molecule has 3 heterocycles. The zero-order valence-corrected chi connectivity index (χ0v) is 17.7. The molecule has 1 N–H and O–H groups in total. The number of benzene rings is 1. The van der Waals surface area contributed by atoms with Crippen molar-refractivity contribution in [2.24, 2.45) is 0 Å². The van der Waals surface area contributed by atoms with Gasteiger partial charge in [-0.25, -0.2) is 9.48 Å². The van der Waals surface area contributed by atoms with Crippen molar-refractivity contribution in [3.8, 4) is 5.69 Å². The molecule has 2 atom stereocenters. The molecular formula is C23H29N5O2. The van der Waals surface area contributed by atoms with Crippen LogP contribution in [0.15, 0.2) is 30.3 Å². The Kier molecular flexibility index (Phi) is 4.76. The Hall–Kier alpha value is -2.83. The summed E-state index contributed by atoms with van der Waals surface area (Å²) in [4.78, 5) is 30.0. The molecule has 30 heavy (non-hydrogen) atoms. The summed E-state index contributed by atoms with van der Waals surface area (Å²) in [7, 11) is 0. The van der Waals surface area contributed by atoms with Crippen molar-refractivity contribution in [2.45, 2.75) is 64.1 Å². The van der Waals surface area contributed by atoms with Crippen LogP contribution in [0.1, 0.15) is 66.8 Å². The number of amides is 3. The highest BCUT2D eigenvalue weighted by atomic mass is 16.2. The number of aromatic nitrogens is 2. The lowest BCUT2D eigenvalue weighted by Crippen LogP contribution is -2.45. The van der Waals surface area contributed by atoms with Crippen molar-refractivity contribution >= 4 is 11.9 Å². The maximum absolute atomic E-state index is 13.5. The molecule has 1 aromatic carbocycles. The van der Waals surface area contributed by atoms with Gasteiger partial charge in [0, 0.05) is 24.7 Å². The van der Waals surface area contributed by atoms with Gasteiger partial charge in [0.15, 0.2) is 0 Å². The third-order valence-corrected chi connectivity index (χ3v) is 6.91. The number of nitrogens with zero attached hydrogens (tertiary/aromatic N) is 4. The molecule has 1 saturated heterocycles. The monoisotopic (exact) mass is 407 g/mol. The summed E-state index contributed by atoms with van der Waals surface area (Å²) >= 11 is 0. The Morgan fingerprint density at radius 2 is 1.87 bits per heavy atom. The van der Waals surface area contributed by atoms with Gasteiger partial charge in [-0.2, -0.15) is 5.10 Å². The Labute approximate surface area is 177 Å². The van der Waals surface area contributed by atoms with Gasteiger partial charge in [-0.1, -0.05) is 31.0 Å². The second-order valence-electron chi connectivity index (χ2n) is 8.80. The lowest BCUT2D eigenvalue weighted by Gasteiger charge is -2.29. The molecule has 1 saturated carbocycles. The maximum atomic E-state index is 13.5. The summed E-state index contributed by atoms with van der Waals surface area (Å²) in [5, 5.41) is 7.84. The smallest absolute Gasteiger partial charge is 0.317 e. The van der Waals surface area contributed by atoms with E-state index in [4.69, 9.17) is 0 Å². The van der Waals surface area contributed by atoms with E-state index in [9.17, 15) is 9.59 Å². The topological polar surface area (TPSA) is 70.5 Å². The zero-order chi connectivity index (χ0) is 20.8. The maximum Gasteiger partial charge on any atom is 0.317 e. The second-order valence-corrected chi connectivity index (χ2v) is 8.80. The van der Waals surface area contributed by atoms with E-state index >= 15 is 0 Å². The molecule has 3 aliphatic rings. The molecule has 0 bridgehead atoms. The zero-order valence-electron chi connectivity index (χ0n) is 17.7. The SMILES string of the molecule is Cc1nn(-c2ccccc2)c2c1C(C)N(C1CCN(C(=O)NC3CCCC3)C1)C2=O. The molecule has 2 unspecified atom stereocenters. The van der Waals surface area contributed by atoms with Gasteiger partial charge in [-0.3, -0.25) is 4.79 Å². The van der Waals surface area contributed by atoms with Crippen molar-refractivity contribution in [2.75, 3.05) is 13.1 Å². The molecular weight excluding hydrogens is 378 g/mol. The van der Waals surface area contributed by atoms with E-state index < -0.39 is 0 Å². The molecule has 0 spiro atoms. The number of nitrogens with one attached hydrogen (secondary N) is 1. The quantitative estimate of drug-likeness (QED) is 0.848. The van der Waals surface area contributed by atoms with E-state index in [0.717, 1.165) is 36.2 Å². The molecule has 7 heteroatoms. The Morgan fingerprint density at radius 1 is 1.13 bits per heavy atom. The van der Waals surface area contributed by atoms with E-state index in [2.05, 4.69) is 17.3 Å². The van der Waals surface area contributed by atoms with E-state index in [-0.39, 0.29) is 24.0 Å². The van der Waals surface area contributed by atoms with Crippen LogP contribution >= 0.6 is 0 Å². The number of carbonyl (C=O) groups is 2. The first-order valence-electron chi connectivity index (χ1n) is 11.1. The Balaban J connectivity index is 1.35. The average molecular weight is 408 g/mol. The highest BCUT2D eigenvalue weighted by Gasteiger charge is 2.45. The first kappa shape index (κ1) is 19.2. The molecule has 1 aromatic heterocycles. The summed E-state index contributed by atoms with van der Waals surface area (Å²) in [6, 6.07) is 10.1. The normalized spacial score (nSPS) is 24.0. The number of hydrogen-bond acceptors (Lipinski definition) is 3. The molecule has 2 aliphatic heterocycles. The van der Waals surface area contributed by atoms with Gasteiger partial charge >= 0.3 is 6.03 Å². The molecule has 5 rings (SSSR count). The second kappa shape index (κ2) is 7.45. The molecule has 7 nitrogen and oxygen atoms in total. The predicted octanol–water partition coefficient (Wildman–Crippen LogP) is 3.42. The molecule has 3 amide bonds. The fourth-order valence-corrected chi connectivity index (χ4v) is 5.41. The van der Waals surface area contributed by atoms with Crippen LogP contribution in [0.4, 0.5) is 4.79 Å². The van der Waals surface area contributed by atoms with Crippen LogP contribution in [-0.4, -0.2) is 56.7 Å². The summed E-state index contributed by atoms with van der Waals surface area (Å²) in [6.07, 6.45) is 5.37. The molecule has 158 valence electrons. The molecule has 1 aliphatic carbocycles. The average Bonchev–Trinajstić information content (AvgIpc) is 3.51. The predicted molar refractivity (Wildman–Crippen MR) is 114 cm³/mol. The minimum absolute atomic E-state index is 0.0185. The Bertz CT molecular complexity index is 963. The fourth-order valence-electron chi connectivity index (χ4n) is 5.41. The minimum Gasteiger partial charge on any atom is -0.335 e. The molecule has 2 fully saturated rings. The number of aryl methyl sites for hydroxylation is 1. The van der Waals surface area contributed by atoms with Crippen LogP contribution in [-0.2, 0) is 0 Å². The lowest BCUT2D eigenvalue weighted by atomic mass is 10.1. The van der Waals surface area contributed by atoms with Gasteiger partial charge in [-0.15, -0.1) is 0 Å². The lowest BCUT2D eigenvalue weighted by molar-refractivity contribution is 0.0642. The number of fused-ring (bicyclic) bond motifs is 1. The van der Waals surface area contributed by atoms with Crippen molar-refractivity contribution < 1.29 is 9.59 Å². The standard InChI is InChI=1S/C23H29N5O2/c1-15-20-16(2)27(22(29)21(20)28(25-15)18-10-4-3-5-11-18)19-12-13-26(14-19)23(30)24-17-8-6-7-9-17/h3-5,10-11,16-17,19H,6-9,12-14H2,1-2H3,(H,24,30). The third-order valence-electron chi connectivity index (χ3n) is 6.91. The highest BCUT2D eigenvalue weighted by Crippen LogP contribution is 2.39. The third kappa shape index (κ3) is 3.07. The summed E-state index contributed by atoms with van der Waals surface area (Å²) in [5.74, 6) is 0.0185. The fraction of sp³-hybridized carbons (Fsp3) is 0.522. The van der Waals surface area contributed by atoms with Gasteiger partial charge in [0.05, 0.1) is 23.5 Å². The van der Waals surface area contributed by atoms with E-state index in [1.54, 1.807) is 4.68 Å². The number of para-hydroxylation sites is 1. The highest BCUT2D eigenvalue weighted by molar-refractivity contribution is 5.98. The van der Waals surface area contributed by atoms with Gasteiger partial charge in [0.2, 0.25) is 0 Å². The summed E-state index contributed by atoms with van der Waals surface area (Å²) < 4.78 is 1.78. The minimum atomic E-state index is -0.0344. The van der Waals surface area contributed by atoms with Crippen molar-refractivity contribution in [3.05, 3.63) is 47.3 Å². The van der Waals surface area contributed by atoms with E-state index in [1.807, 2.05) is 47.1 Å². The summed E-state index contributed by atoms with van der Waals surface area (Å²) in [6.45, 7) is 5.34. The van der Waals surface area contributed by atoms with Crippen molar-refractivity contribution in [1.82, 2.24) is 24.9 Å². The van der Waals surface area contributed by atoms with Gasteiger partial charge in [0.25, 0.3) is 5.91 Å². The van der Waals surface area contributed by atoms with Crippen LogP contribution in [0.3, 0.4) is 0 Å². The number of urea groups is 1. The number of hydrogen-bond donors (Lipinski definition) is 1. The largest absolute Gasteiger partial charge is 0.335 e. The molecule has 2 aromatic rings. The van der Waals surface area contributed by atoms with Crippen LogP contribution in [0, 0.1) is 6.92 Å². The molecule has 0 radical (unpaired) electrons. The number of rotatable bonds is 3. The van der Waals surface area contributed by atoms with E-state index in [0.29, 0.717) is 24.8 Å². The van der Waals surface area contributed by atoms with Crippen LogP contribution < -0.4 is 5.32 Å². The van der Waals surface area contributed by atoms with Gasteiger partial charge in [-0.05, 0) is 45.2 Å². The van der Waals surface area contributed by atoms with Crippen molar-refractivity contribution in [1.29, 1.82) is 0 Å². The van der Waals surface area contributed by atoms with Crippen LogP contribution in [0.2, 0.25) is 0 Å². The first-order chi connectivity index (χ1) is 14.5. The number of carbonyl (C=O) groups excluding carboxylic acids is 2. The van der Waals surface area contributed by atoms with Crippen LogP contribution in [0.25, 0.3) is 5.69 Å². The Morgan fingerprint density at radius 3 is 2.60 bits per heavy atom. The van der Waals surface area contributed by atoms with E-state index in [1.165, 1.54) is 12.8 Å².